The van der Waals surface area contributed by atoms with E-state index in [0.29, 0.717) is 11.4 Å². The molecule has 0 bridgehead atoms. The van der Waals surface area contributed by atoms with Crippen LogP contribution in [0.15, 0.2) is 82.6 Å². The molecule has 1 amide bonds. The zero-order chi connectivity index (χ0) is 23.1. The number of nitrogens with zero attached hydrogens (tertiary/aromatic N) is 1. The third kappa shape index (κ3) is 5.63. The monoisotopic (exact) mass is 470 g/mol. The largest absolute Gasteiger partial charge is 0.484 e. The lowest BCUT2D eigenvalue weighted by Crippen LogP contribution is -2.30. The van der Waals surface area contributed by atoms with Gasteiger partial charge in [-0.2, -0.15) is 0 Å². The molecule has 0 unspecified atom stereocenters. The van der Waals surface area contributed by atoms with Crippen LogP contribution in [0.1, 0.15) is 12.5 Å². The first kappa shape index (κ1) is 23.7. The van der Waals surface area contributed by atoms with Crippen LogP contribution in [-0.4, -0.2) is 33.7 Å². The Labute approximate surface area is 193 Å². The number of hydrogen-bond acceptors (Lipinski definition) is 5. The number of hydrogen-bond donors (Lipinski definition) is 1. The molecule has 0 spiro atoms. The van der Waals surface area contributed by atoms with Crippen molar-refractivity contribution >= 4 is 39.1 Å². The predicted octanol–water partition coefficient (Wildman–Crippen LogP) is 4.95. The first-order valence-electron chi connectivity index (χ1n) is 10.1. The van der Waals surface area contributed by atoms with Gasteiger partial charge in [-0.3, -0.25) is 9.10 Å². The summed E-state index contributed by atoms with van der Waals surface area (Å²) < 4.78 is 33.0. The van der Waals surface area contributed by atoms with Crippen LogP contribution in [0.2, 0.25) is 0 Å². The fraction of sp³-hybridized carbons (Fsp3) is 0.208. The maximum absolute atomic E-state index is 13.0. The van der Waals surface area contributed by atoms with Crippen LogP contribution in [0.3, 0.4) is 0 Å². The second kappa shape index (κ2) is 10.6. The first-order chi connectivity index (χ1) is 15.3. The van der Waals surface area contributed by atoms with E-state index in [4.69, 9.17) is 4.74 Å². The standard InChI is InChI=1S/C24H26N2O4S2/c1-4-26(32(28,29)21-15-9-18(2)10-16-21)19-11-13-20(14-12-19)30-17-24(27)25-22-7-5-6-8-23(22)31-3/h5-16H,4,17H2,1-3H3,(H,25,27). The van der Waals surface area contributed by atoms with Gasteiger partial charge < -0.3 is 10.1 Å². The highest BCUT2D eigenvalue weighted by Crippen LogP contribution is 2.27. The van der Waals surface area contributed by atoms with Gasteiger partial charge in [0, 0.05) is 11.4 Å². The van der Waals surface area contributed by atoms with Crippen molar-refractivity contribution in [2.45, 2.75) is 23.6 Å². The fourth-order valence-electron chi connectivity index (χ4n) is 3.12. The Morgan fingerprint density at radius 3 is 2.28 bits per heavy atom. The summed E-state index contributed by atoms with van der Waals surface area (Å²) in [6.45, 7) is 3.83. The minimum Gasteiger partial charge on any atom is -0.484 e. The van der Waals surface area contributed by atoms with Crippen molar-refractivity contribution in [3.63, 3.8) is 0 Å². The van der Waals surface area contributed by atoms with Gasteiger partial charge in [-0.15, -0.1) is 11.8 Å². The normalized spacial score (nSPS) is 11.1. The van der Waals surface area contributed by atoms with Gasteiger partial charge in [0.05, 0.1) is 16.3 Å². The van der Waals surface area contributed by atoms with Crippen LogP contribution in [0.5, 0.6) is 5.75 Å². The number of aryl methyl sites for hydroxylation is 1. The number of rotatable bonds is 9. The first-order valence-corrected chi connectivity index (χ1v) is 12.8. The average molecular weight is 471 g/mol. The Morgan fingerprint density at radius 2 is 1.66 bits per heavy atom. The molecule has 0 atom stereocenters. The van der Waals surface area contributed by atoms with Gasteiger partial charge in [0.25, 0.3) is 15.9 Å². The highest BCUT2D eigenvalue weighted by molar-refractivity contribution is 7.98. The number of nitrogens with one attached hydrogen (secondary N) is 1. The van der Waals surface area contributed by atoms with Crippen LogP contribution in [0.25, 0.3) is 0 Å². The lowest BCUT2D eigenvalue weighted by Gasteiger charge is -2.23. The van der Waals surface area contributed by atoms with Crippen LogP contribution in [-0.2, 0) is 14.8 Å². The van der Waals surface area contributed by atoms with E-state index in [-0.39, 0.29) is 24.0 Å². The molecule has 0 saturated heterocycles. The lowest BCUT2D eigenvalue weighted by atomic mass is 10.2. The summed E-state index contributed by atoms with van der Waals surface area (Å²) in [6.07, 6.45) is 1.95. The summed E-state index contributed by atoms with van der Waals surface area (Å²) in [5, 5.41) is 2.84. The molecule has 3 aromatic carbocycles. The van der Waals surface area contributed by atoms with E-state index in [9.17, 15) is 13.2 Å². The number of para-hydroxylation sites is 1. The molecule has 6 nitrogen and oxygen atoms in total. The fourth-order valence-corrected chi connectivity index (χ4v) is 5.15. The molecule has 0 aliphatic heterocycles. The molecule has 0 aliphatic carbocycles. The quantitative estimate of drug-likeness (QED) is 0.448. The van der Waals surface area contributed by atoms with Crippen molar-refractivity contribution in [1.29, 1.82) is 0 Å². The predicted molar refractivity (Wildman–Crippen MR) is 130 cm³/mol. The summed E-state index contributed by atoms with van der Waals surface area (Å²) in [5.74, 6) is 0.207. The summed E-state index contributed by atoms with van der Waals surface area (Å²) >= 11 is 1.55. The molecule has 0 aliphatic rings. The van der Waals surface area contributed by atoms with Crippen LogP contribution >= 0.6 is 11.8 Å². The molecular weight excluding hydrogens is 444 g/mol. The number of thioether (sulfide) groups is 1. The van der Waals surface area contributed by atoms with Crippen molar-refractivity contribution in [2.75, 3.05) is 29.0 Å². The molecule has 8 heteroatoms. The van der Waals surface area contributed by atoms with Gasteiger partial charge in [0.1, 0.15) is 5.75 Å². The molecule has 0 radical (unpaired) electrons. The second-order valence-corrected chi connectivity index (χ2v) is 9.72. The van der Waals surface area contributed by atoms with Crippen molar-refractivity contribution < 1.29 is 17.9 Å². The molecule has 0 fully saturated rings. The smallest absolute Gasteiger partial charge is 0.264 e. The van der Waals surface area contributed by atoms with E-state index in [1.54, 1.807) is 67.2 Å². The third-order valence-electron chi connectivity index (χ3n) is 4.77. The highest BCUT2D eigenvalue weighted by atomic mass is 32.2. The Kier molecular flexibility index (Phi) is 7.82. The minimum atomic E-state index is -3.67. The molecule has 0 heterocycles. The molecule has 0 saturated carbocycles. The van der Waals surface area contributed by atoms with Gasteiger partial charge in [-0.05, 0) is 68.6 Å². The van der Waals surface area contributed by atoms with Gasteiger partial charge in [-0.25, -0.2) is 8.42 Å². The van der Waals surface area contributed by atoms with Crippen LogP contribution in [0.4, 0.5) is 11.4 Å². The third-order valence-corrected chi connectivity index (χ3v) is 7.48. The van der Waals surface area contributed by atoms with Gasteiger partial charge in [-0.1, -0.05) is 29.8 Å². The number of ether oxygens (including phenoxy) is 1. The SMILES string of the molecule is CCN(c1ccc(OCC(=O)Nc2ccccc2SC)cc1)S(=O)(=O)c1ccc(C)cc1. The molecule has 1 N–H and O–H groups in total. The van der Waals surface area contributed by atoms with E-state index in [1.807, 2.05) is 37.4 Å². The van der Waals surface area contributed by atoms with E-state index >= 15 is 0 Å². The highest BCUT2D eigenvalue weighted by Gasteiger charge is 2.23. The molecule has 168 valence electrons. The Morgan fingerprint density at radius 1 is 1.00 bits per heavy atom. The number of carbonyl (C=O) groups is 1. The maximum Gasteiger partial charge on any atom is 0.264 e. The number of anilines is 2. The minimum absolute atomic E-state index is 0.152. The summed E-state index contributed by atoms with van der Waals surface area (Å²) in [5.41, 5.74) is 2.26. The van der Waals surface area contributed by atoms with E-state index in [0.717, 1.165) is 16.1 Å². The summed E-state index contributed by atoms with van der Waals surface area (Å²) in [7, 11) is -3.67. The number of benzene rings is 3. The van der Waals surface area contributed by atoms with Crippen molar-refractivity contribution in [3.8, 4) is 5.75 Å². The zero-order valence-electron chi connectivity index (χ0n) is 18.2. The molecule has 0 aromatic heterocycles. The Balaban J connectivity index is 1.66. The van der Waals surface area contributed by atoms with Gasteiger partial charge in [0.2, 0.25) is 0 Å². The van der Waals surface area contributed by atoms with Crippen LogP contribution < -0.4 is 14.4 Å². The molecule has 32 heavy (non-hydrogen) atoms. The van der Waals surface area contributed by atoms with Gasteiger partial charge >= 0.3 is 0 Å². The Hall–Kier alpha value is -2.97. The van der Waals surface area contributed by atoms with Gasteiger partial charge in [0.15, 0.2) is 6.61 Å². The zero-order valence-corrected chi connectivity index (χ0v) is 19.9. The van der Waals surface area contributed by atoms with E-state index in [1.165, 1.54) is 4.31 Å². The van der Waals surface area contributed by atoms with E-state index < -0.39 is 10.0 Å². The molecular formula is C24H26N2O4S2. The number of amides is 1. The molecule has 3 rings (SSSR count). The van der Waals surface area contributed by atoms with Crippen molar-refractivity contribution in [2.24, 2.45) is 0 Å². The Bertz CT molecular complexity index is 1160. The number of carbonyl (C=O) groups excluding carboxylic acids is 1. The van der Waals surface area contributed by atoms with Crippen molar-refractivity contribution in [3.05, 3.63) is 78.4 Å². The van der Waals surface area contributed by atoms with Crippen molar-refractivity contribution in [1.82, 2.24) is 0 Å². The number of sulfonamides is 1. The maximum atomic E-state index is 13.0. The van der Waals surface area contributed by atoms with Crippen LogP contribution in [0, 0.1) is 6.92 Å². The second-order valence-electron chi connectivity index (χ2n) is 7.01. The molecule has 3 aromatic rings. The lowest BCUT2D eigenvalue weighted by molar-refractivity contribution is -0.118. The topological polar surface area (TPSA) is 75.7 Å². The van der Waals surface area contributed by atoms with E-state index in [2.05, 4.69) is 5.32 Å². The summed E-state index contributed by atoms with van der Waals surface area (Å²) in [4.78, 5) is 13.5. The average Bonchev–Trinajstić information content (AvgIpc) is 2.79. The summed E-state index contributed by atoms with van der Waals surface area (Å²) in [6, 6.07) is 21.0.